The minimum atomic E-state index is -0.569. The van der Waals surface area contributed by atoms with Gasteiger partial charge < -0.3 is 19.9 Å². The standard InChI is InChI=1S/C24H37N3O4/c1-6-11-21(28)27-15-10-13-19(17-27)22(29)25-20-14-9-8-12-18(20)16-26(7-2)23(30)31-24(3,4)5/h8-9,12,14,19H,6-7,10-11,13,15-17H2,1-5H3,(H,25,29). The zero-order chi connectivity index (χ0) is 23.0. The maximum absolute atomic E-state index is 13.0. The van der Waals surface area contributed by atoms with Crippen LogP contribution in [0.15, 0.2) is 24.3 Å². The molecule has 2 rings (SSSR count). The van der Waals surface area contributed by atoms with E-state index in [1.54, 1.807) is 4.90 Å². The fraction of sp³-hybridized carbons (Fsp3) is 0.625. The number of rotatable bonds is 7. The molecule has 1 aromatic rings. The highest BCUT2D eigenvalue weighted by Gasteiger charge is 2.29. The number of nitrogens with zero attached hydrogens (tertiary/aromatic N) is 2. The molecule has 1 aromatic carbocycles. The number of hydrogen-bond donors (Lipinski definition) is 1. The first-order chi connectivity index (χ1) is 14.6. The van der Waals surface area contributed by atoms with E-state index in [-0.39, 0.29) is 23.8 Å². The number of ether oxygens (including phenoxy) is 1. The van der Waals surface area contributed by atoms with Crippen molar-refractivity contribution in [3.63, 3.8) is 0 Å². The van der Waals surface area contributed by atoms with E-state index in [9.17, 15) is 14.4 Å². The van der Waals surface area contributed by atoms with Crippen LogP contribution in [0.4, 0.5) is 10.5 Å². The van der Waals surface area contributed by atoms with Crippen molar-refractivity contribution in [3.8, 4) is 0 Å². The molecule has 1 saturated heterocycles. The molecule has 7 heteroatoms. The summed E-state index contributed by atoms with van der Waals surface area (Å²) < 4.78 is 5.50. The maximum atomic E-state index is 13.0. The SMILES string of the molecule is CCCC(=O)N1CCCC(C(=O)Nc2ccccc2CN(CC)C(=O)OC(C)(C)C)C1. The Morgan fingerprint density at radius 3 is 2.55 bits per heavy atom. The van der Waals surface area contributed by atoms with Crippen molar-refractivity contribution in [2.45, 2.75) is 72.4 Å². The predicted molar refractivity (Wildman–Crippen MR) is 122 cm³/mol. The van der Waals surface area contributed by atoms with Gasteiger partial charge in [0.1, 0.15) is 5.60 Å². The van der Waals surface area contributed by atoms with Crippen LogP contribution < -0.4 is 5.32 Å². The summed E-state index contributed by atoms with van der Waals surface area (Å²) in [5, 5.41) is 3.03. The second-order valence-electron chi connectivity index (χ2n) is 9.07. The number of nitrogens with one attached hydrogen (secondary N) is 1. The van der Waals surface area contributed by atoms with Crippen molar-refractivity contribution < 1.29 is 19.1 Å². The topological polar surface area (TPSA) is 79.0 Å². The van der Waals surface area contributed by atoms with Gasteiger partial charge in [-0.2, -0.15) is 0 Å². The Kier molecular flexibility index (Phi) is 8.89. The normalized spacial score (nSPS) is 16.5. The monoisotopic (exact) mass is 431 g/mol. The lowest BCUT2D eigenvalue weighted by molar-refractivity contribution is -0.134. The van der Waals surface area contributed by atoms with Crippen molar-refractivity contribution in [1.82, 2.24) is 9.80 Å². The van der Waals surface area contributed by atoms with Crippen LogP contribution in [0.5, 0.6) is 0 Å². The average molecular weight is 432 g/mol. The van der Waals surface area contributed by atoms with Gasteiger partial charge in [-0.05, 0) is 58.6 Å². The lowest BCUT2D eigenvalue weighted by Gasteiger charge is -2.32. The van der Waals surface area contributed by atoms with E-state index in [1.165, 1.54) is 0 Å². The van der Waals surface area contributed by atoms with E-state index in [4.69, 9.17) is 4.74 Å². The first kappa shape index (κ1) is 24.7. The maximum Gasteiger partial charge on any atom is 0.410 e. The predicted octanol–water partition coefficient (Wildman–Crippen LogP) is 4.42. The zero-order valence-corrected chi connectivity index (χ0v) is 19.6. The average Bonchev–Trinajstić information content (AvgIpc) is 2.72. The highest BCUT2D eigenvalue weighted by Crippen LogP contribution is 2.23. The molecule has 1 atom stereocenters. The molecule has 0 spiro atoms. The summed E-state index contributed by atoms with van der Waals surface area (Å²) in [5.74, 6) is -0.186. The molecule has 1 N–H and O–H groups in total. The number of anilines is 1. The van der Waals surface area contributed by atoms with Crippen LogP contribution in [-0.4, -0.2) is 52.9 Å². The minimum absolute atomic E-state index is 0.0817. The first-order valence-electron chi connectivity index (χ1n) is 11.3. The van der Waals surface area contributed by atoms with Crippen LogP contribution in [0.25, 0.3) is 0 Å². The van der Waals surface area contributed by atoms with Gasteiger partial charge in [-0.15, -0.1) is 0 Å². The third kappa shape index (κ3) is 7.56. The Hall–Kier alpha value is -2.57. The van der Waals surface area contributed by atoms with Crippen LogP contribution in [0, 0.1) is 5.92 Å². The van der Waals surface area contributed by atoms with E-state index in [2.05, 4.69) is 5.32 Å². The molecule has 0 radical (unpaired) electrons. The Balaban J connectivity index is 2.06. The molecule has 0 saturated carbocycles. The zero-order valence-electron chi connectivity index (χ0n) is 19.6. The molecule has 0 bridgehead atoms. The molecule has 1 heterocycles. The van der Waals surface area contributed by atoms with Crippen molar-refractivity contribution in [2.24, 2.45) is 5.92 Å². The Labute approximate surface area is 186 Å². The summed E-state index contributed by atoms with van der Waals surface area (Å²) in [6.45, 7) is 11.4. The molecule has 7 nitrogen and oxygen atoms in total. The summed E-state index contributed by atoms with van der Waals surface area (Å²) in [5.41, 5.74) is 0.963. The smallest absolute Gasteiger partial charge is 0.410 e. The van der Waals surface area contributed by atoms with Crippen LogP contribution >= 0.6 is 0 Å². The largest absolute Gasteiger partial charge is 0.444 e. The van der Waals surface area contributed by atoms with E-state index in [0.717, 1.165) is 31.4 Å². The van der Waals surface area contributed by atoms with Gasteiger partial charge in [0.2, 0.25) is 11.8 Å². The summed E-state index contributed by atoms with van der Waals surface area (Å²) in [7, 11) is 0. The van der Waals surface area contributed by atoms with Gasteiger partial charge in [0.15, 0.2) is 0 Å². The Morgan fingerprint density at radius 2 is 1.90 bits per heavy atom. The number of carbonyl (C=O) groups excluding carboxylic acids is 3. The lowest BCUT2D eigenvalue weighted by atomic mass is 9.96. The van der Waals surface area contributed by atoms with Gasteiger partial charge in [0.05, 0.1) is 12.5 Å². The molecule has 0 aliphatic carbocycles. The van der Waals surface area contributed by atoms with E-state index >= 15 is 0 Å². The second-order valence-corrected chi connectivity index (χ2v) is 9.07. The van der Waals surface area contributed by atoms with Crippen molar-refractivity contribution in [1.29, 1.82) is 0 Å². The van der Waals surface area contributed by atoms with Crippen molar-refractivity contribution >= 4 is 23.6 Å². The van der Waals surface area contributed by atoms with Gasteiger partial charge in [-0.1, -0.05) is 25.1 Å². The number of hydrogen-bond acceptors (Lipinski definition) is 4. The van der Waals surface area contributed by atoms with E-state index in [1.807, 2.05) is 63.8 Å². The Bertz CT molecular complexity index is 772. The molecule has 0 aromatic heterocycles. The molecular weight excluding hydrogens is 394 g/mol. The summed E-state index contributed by atoms with van der Waals surface area (Å²) >= 11 is 0. The second kappa shape index (κ2) is 11.2. The third-order valence-electron chi connectivity index (χ3n) is 5.28. The van der Waals surface area contributed by atoms with Gasteiger partial charge >= 0.3 is 6.09 Å². The van der Waals surface area contributed by atoms with Crippen LogP contribution in [0.3, 0.4) is 0 Å². The number of carbonyl (C=O) groups is 3. The molecule has 1 aliphatic heterocycles. The lowest BCUT2D eigenvalue weighted by Crippen LogP contribution is -2.43. The van der Waals surface area contributed by atoms with Gasteiger partial charge in [-0.3, -0.25) is 9.59 Å². The number of benzene rings is 1. The van der Waals surface area contributed by atoms with E-state index in [0.29, 0.717) is 31.7 Å². The summed E-state index contributed by atoms with van der Waals surface area (Å²) in [6, 6.07) is 7.50. The van der Waals surface area contributed by atoms with Crippen LogP contribution in [0.1, 0.15) is 65.9 Å². The number of para-hydroxylation sites is 1. The number of piperidine rings is 1. The van der Waals surface area contributed by atoms with Crippen LogP contribution in [-0.2, 0) is 20.9 Å². The highest BCUT2D eigenvalue weighted by atomic mass is 16.6. The van der Waals surface area contributed by atoms with Gasteiger partial charge in [-0.25, -0.2) is 4.79 Å². The van der Waals surface area contributed by atoms with Gasteiger partial charge in [0.25, 0.3) is 0 Å². The Morgan fingerprint density at radius 1 is 1.19 bits per heavy atom. The molecule has 172 valence electrons. The summed E-state index contributed by atoms with van der Waals surface area (Å²) in [6.07, 6.45) is 2.55. The molecule has 1 fully saturated rings. The molecule has 1 aliphatic rings. The first-order valence-corrected chi connectivity index (χ1v) is 11.3. The molecular formula is C24H37N3O4. The minimum Gasteiger partial charge on any atom is -0.444 e. The van der Waals surface area contributed by atoms with Crippen molar-refractivity contribution in [3.05, 3.63) is 29.8 Å². The number of likely N-dealkylation sites (tertiary alicyclic amines) is 1. The van der Waals surface area contributed by atoms with Crippen molar-refractivity contribution in [2.75, 3.05) is 25.0 Å². The number of amides is 3. The molecule has 3 amide bonds. The molecule has 31 heavy (non-hydrogen) atoms. The summed E-state index contributed by atoms with van der Waals surface area (Å²) in [4.78, 5) is 41.1. The van der Waals surface area contributed by atoms with Gasteiger partial charge in [0, 0.05) is 31.7 Å². The quantitative estimate of drug-likeness (QED) is 0.693. The third-order valence-corrected chi connectivity index (χ3v) is 5.28. The molecule has 1 unspecified atom stereocenters. The van der Waals surface area contributed by atoms with Crippen LogP contribution in [0.2, 0.25) is 0 Å². The van der Waals surface area contributed by atoms with E-state index < -0.39 is 5.60 Å². The fourth-order valence-electron chi connectivity index (χ4n) is 3.64. The highest BCUT2D eigenvalue weighted by molar-refractivity contribution is 5.94. The fourth-order valence-corrected chi connectivity index (χ4v) is 3.64.